The van der Waals surface area contributed by atoms with E-state index in [-0.39, 0.29) is 11.5 Å². The van der Waals surface area contributed by atoms with Gasteiger partial charge in [0, 0.05) is 51.3 Å². The molecule has 1 atom stereocenters. The Hall–Kier alpha value is -2.70. The second-order valence-electron chi connectivity index (χ2n) is 8.11. The molecule has 0 radical (unpaired) electrons. The number of hydrogen-bond donors (Lipinski definition) is 0. The topological polar surface area (TPSA) is 92.4 Å². The maximum Gasteiger partial charge on any atom is 0.225 e. The Kier molecular flexibility index (Phi) is 7.69. The summed E-state index contributed by atoms with van der Waals surface area (Å²) in [6.45, 7) is 8.67. The summed E-state index contributed by atoms with van der Waals surface area (Å²) in [5.41, 5.74) is 2.26. The molecule has 0 aromatic carbocycles. The van der Waals surface area contributed by atoms with Gasteiger partial charge in [-0.1, -0.05) is 13.0 Å². The number of terminal acetylenes is 1. The molecule has 0 amide bonds. The lowest BCUT2D eigenvalue weighted by Gasteiger charge is -2.29. The fourth-order valence-corrected chi connectivity index (χ4v) is 5.13. The van der Waals surface area contributed by atoms with Gasteiger partial charge in [0.05, 0.1) is 17.2 Å². The third-order valence-electron chi connectivity index (χ3n) is 5.70. The second kappa shape index (κ2) is 10.3. The number of oxazole rings is 1. The van der Waals surface area contributed by atoms with E-state index >= 15 is 0 Å². The number of aryl methyl sites for hydroxylation is 2. The minimum atomic E-state index is -3.02. The van der Waals surface area contributed by atoms with Gasteiger partial charge in [0.15, 0.2) is 15.7 Å². The van der Waals surface area contributed by atoms with E-state index in [1.165, 1.54) is 0 Å². The van der Waals surface area contributed by atoms with Crippen LogP contribution >= 0.6 is 0 Å². The Balaban J connectivity index is 1.55. The monoisotopic (exact) mass is 457 g/mol. The fourth-order valence-electron chi connectivity index (χ4n) is 3.77. The Morgan fingerprint density at radius 3 is 2.84 bits per heavy atom. The van der Waals surface area contributed by atoms with Crippen LogP contribution < -0.4 is 4.90 Å². The lowest BCUT2D eigenvalue weighted by molar-refractivity contribution is 0.226. The van der Waals surface area contributed by atoms with Gasteiger partial charge in [-0.25, -0.2) is 23.4 Å². The molecule has 8 nitrogen and oxygen atoms in total. The lowest BCUT2D eigenvalue weighted by atomic mass is 10.1. The van der Waals surface area contributed by atoms with Crippen LogP contribution in [0.1, 0.15) is 48.9 Å². The van der Waals surface area contributed by atoms with Gasteiger partial charge in [-0.2, -0.15) is 0 Å². The maximum absolute atomic E-state index is 11.8. The van der Waals surface area contributed by atoms with Crippen molar-refractivity contribution in [2.45, 2.75) is 45.4 Å². The highest BCUT2D eigenvalue weighted by Crippen LogP contribution is 2.20. The van der Waals surface area contributed by atoms with Crippen LogP contribution in [0, 0.1) is 19.3 Å². The van der Waals surface area contributed by atoms with Crippen LogP contribution in [0.2, 0.25) is 0 Å². The predicted octanol–water partition coefficient (Wildman–Crippen LogP) is 2.48. The third-order valence-corrected chi connectivity index (χ3v) is 7.28. The van der Waals surface area contributed by atoms with Crippen LogP contribution in [0.5, 0.6) is 0 Å². The molecule has 0 saturated carbocycles. The number of fused-ring (bicyclic) bond motifs is 1. The fraction of sp³-hybridized carbons (Fsp3) is 0.522. The van der Waals surface area contributed by atoms with Gasteiger partial charge in [-0.3, -0.25) is 4.90 Å². The molecular weight excluding hydrogens is 426 g/mol. The highest BCUT2D eigenvalue weighted by Gasteiger charge is 2.23. The van der Waals surface area contributed by atoms with E-state index in [9.17, 15) is 8.42 Å². The summed E-state index contributed by atoms with van der Waals surface area (Å²) < 4.78 is 29.0. The van der Waals surface area contributed by atoms with Crippen LogP contribution in [-0.2, 0) is 22.0 Å². The molecule has 32 heavy (non-hydrogen) atoms. The van der Waals surface area contributed by atoms with Crippen LogP contribution in [-0.4, -0.2) is 66.7 Å². The van der Waals surface area contributed by atoms with Gasteiger partial charge in [0.2, 0.25) is 11.7 Å². The van der Waals surface area contributed by atoms with E-state index in [0.29, 0.717) is 35.8 Å². The van der Waals surface area contributed by atoms with Crippen molar-refractivity contribution in [1.82, 2.24) is 19.9 Å². The van der Waals surface area contributed by atoms with E-state index in [4.69, 9.17) is 10.8 Å². The molecule has 0 N–H and O–H groups in total. The zero-order valence-corrected chi connectivity index (χ0v) is 20.0. The first-order valence-corrected chi connectivity index (χ1v) is 12.7. The van der Waals surface area contributed by atoms with E-state index in [1.807, 2.05) is 18.0 Å². The summed E-state index contributed by atoms with van der Waals surface area (Å²) in [5, 5.41) is 0. The van der Waals surface area contributed by atoms with Crippen LogP contribution in [0.25, 0.3) is 6.08 Å². The SMILES string of the molecule is C#Cc1oc(C)nc1/C=C/CC(C)N(CC)CCN(C)c1ncc2c(n1)CCS(=O)(=O)C2. The molecule has 1 aliphatic heterocycles. The van der Waals surface area contributed by atoms with Crippen molar-refractivity contribution in [3.05, 3.63) is 40.9 Å². The summed E-state index contributed by atoms with van der Waals surface area (Å²) >= 11 is 0. The number of rotatable bonds is 9. The number of hydrogen-bond acceptors (Lipinski definition) is 8. The molecule has 1 aliphatic rings. The molecule has 0 fully saturated rings. The average molecular weight is 458 g/mol. The van der Waals surface area contributed by atoms with E-state index < -0.39 is 9.84 Å². The molecule has 0 bridgehead atoms. The molecule has 172 valence electrons. The van der Waals surface area contributed by atoms with Gasteiger partial charge < -0.3 is 9.32 Å². The zero-order valence-electron chi connectivity index (χ0n) is 19.2. The molecule has 2 aromatic heterocycles. The summed E-state index contributed by atoms with van der Waals surface area (Å²) in [6.07, 6.45) is 12.4. The molecular formula is C23H31N5O3S. The van der Waals surface area contributed by atoms with Crippen molar-refractivity contribution >= 4 is 21.9 Å². The Morgan fingerprint density at radius 2 is 2.12 bits per heavy atom. The van der Waals surface area contributed by atoms with E-state index in [2.05, 4.69) is 45.7 Å². The van der Waals surface area contributed by atoms with Gasteiger partial charge >= 0.3 is 0 Å². The molecule has 1 unspecified atom stereocenters. The zero-order chi connectivity index (χ0) is 23.3. The molecule has 0 saturated heterocycles. The van der Waals surface area contributed by atoms with Crippen molar-refractivity contribution in [1.29, 1.82) is 0 Å². The number of sulfone groups is 1. The highest BCUT2D eigenvalue weighted by molar-refractivity contribution is 7.90. The van der Waals surface area contributed by atoms with Crippen molar-refractivity contribution in [2.24, 2.45) is 0 Å². The standard InChI is InChI=1S/C23H31N5O3S/c1-6-22-21(25-18(4)31-22)10-8-9-17(3)28(7-2)13-12-27(5)23-24-15-19-16-32(29,30)14-11-20(19)26-23/h1,8,10,15,17H,7,9,11-14,16H2,2-5H3/b10-8+. The van der Waals surface area contributed by atoms with Gasteiger partial charge in [0.1, 0.15) is 5.69 Å². The summed E-state index contributed by atoms with van der Waals surface area (Å²) in [6, 6.07) is 0.335. The summed E-state index contributed by atoms with van der Waals surface area (Å²) in [4.78, 5) is 17.7. The van der Waals surface area contributed by atoms with Crippen molar-refractivity contribution < 1.29 is 12.8 Å². The minimum Gasteiger partial charge on any atom is -0.432 e. The Labute approximate surface area is 190 Å². The first kappa shape index (κ1) is 24.0. The van der Waals surface area contributed by atoms with E-state index in [0.717, 1.165) is 37.3 Å². The smallest absolute Gasteiger partial charge is 0.225 e. The number of likely N-dealkylation sites (N-methyl/N-ethyl adjacent to an activating group) is 2. The van der Waals surface area contributed by atoms with Crippen molar-refractivity contribution in [3.8, 4) is 12.3 Å². The Morgan fingerprint density at radius 1 is 1.34 bits per heavy atom. The minimum absolute atomic E-state index is 0.0394. The van der Waals surface area contributed by atoms with Gasteiger partial charge in [-0.05, 0) is 31.9 Å². The molecule has 9 heteroatoms. The van der Waals surface area contributed by atoms with Crippen LogP contribution in [0.3, 0.4) is 0 Å². The second-order valence-corrected chi connectivity index (χ2v) is 10.3. The van der Waals surface area contributed by atoms with Crippen LogP contribution in [0.4, 0.5) is 5.95 Å². The average Bonchev–Trinajstić information content (AvgIpc) is 3.12. The number of nitrogens with zero attached hydrogens (tertiary/aromatic N) is 5. The molecule has 3 rings (SSSR count). The molecule has 3 heterocycles. The van der Waals surface area contributed by atoms with Crippen molar-refractivity contribution in [2.75, 3.05) is 37.3 Å². The third kappa shape index (κ3) is 5.96. The maximum atomic E-state index is 11.8. The molecule has 0 spiro atoms. The first-order valence-electron chi connectivity index (χ1n) is 10.8. The number of anilines is 1. The predicted molar refractivity (Wildman–Crippen MR) is 126 cm³/mol. The Bertz CT molecular complexity index is 1120. The van der Waals surface area contributed by atoms with Crippen molar-refractivity contribution in [3.63, 3.8) is 0 Å². The van der Waals surface area contributed by atoms with Gasteiger partial charge in [0.25, 0.3) is 0 Å². The summed E-state index contributed by atoms with van der Waals surface area (Å²) in [7, 11) is -1.05. The summed E-state index contributed by atoms with van der Waals surface area (Å²) in [5.74, 6) is 4.38. The largest absolute Gasteiger partial charge is 0.432 e. The first-order chi connectivity index (χ1) is 15.2. The highest BCUT2D eigenvalue weighted by atomic mass is 32.2. The van der Waals surface area contributed by atoms with Gasteiger partial charge in [-0.15, -0.1) is 6.42 Å². The van der Waals surface area contributed by atoms with E-state index in [1.54, 1.807) is 13.1 Å². The quantitative estimate of drug-likeness (QED) is 0.530. The van der Waals surface area contributed by atoms with Crippen LogP contribution in [0.15, 0.2) is 16.7 Å². The molecule has 0 aliphatic carbocycles. The lowest BCUT2D eigenvalue weighted by Crippen LogP contribution is -2.39. The molecule has 2 aromatic rings. The normalized spacial score (nSPS) is 16.1. The number of aromatic nitrogens is 3.